The average molecular weight is 401 g/mol. The topological polar surface area (TPSA) is 54.3 Å². The van der Waals surface area contributed by atoms with Crippen molar-refractivity contribution in [1.29, 1.82) is 0 Å². The average Bonchev–Trinajstić information content (AvgIpc) is 3.03. The first kappa shape index (κ1) is 18.8. The SMILES string of the molecule is COc1ccccc1N1CC[NH+]([C@@H]2CC(=O)N(c3ccc(Cl)cc3)C2=O)CC1. The van der Waals surface area contributed by atoms with E-state index in [9.17, 15) is 9.59 Å². The summed E-state index contributed by atoms with van der Waals surface area (Å²) < 4.78 is 5.46. The number of quaternary nitrogens is 1. The fourth-order valence-electron chi connectivity index (χ4n) is 4.09. The summed E-state index contributed by atoms with van der Waals surface area (Å²) in [4.78, 5) is 30.2. The number of nitrogens with zero attached hydrogens (tertiary/aromatic N) is 2. The van der Waals surface area contributed by atoms with Crippen molar-refractivity contribution in [2.45, 2.75) is 12.5 Å². The van der Waals surface area contributed by atoms with Crippen molar-refractivity contribution in [3.05, 3.63) is 53.6 Å². The monoisotopic (exact) mass is 400 g/mol. The number of anilines is 2. The standard InChI is InChI=1S/C21H22ClN3O3/c1-28-19-5-3-2-4-17(19)23-10-12-24(13-11-23)18-14-20(26)25(21(18)27)16-8-6-15(22)7-9-16/h2-9,18H,10-14H2,1H3/p+1/t18-/m1/s1. The highest BCUT2D eigenvalue weighted by atomic mass is 35.5. The maximum absolute atomic E-state index is 13.0. The van der Waals surface area contributed by atoms with Gasteiger partial charge in [0.15, 0.2) is 6.04 Å². The maximum atomic E-state index is 13.0. The molecule has 4 rings (SSSR count). The number of para-hydroxylation sites is 2. The van der Waals surface area contributed by atoms with Gasteiger partial charge in [-0.2, -0.15) is 0 Å². The third kappa shape index (κ3) is 3.45. The van der Waals surface area contributed by atoms with Crippen molar-refractivity contribution in [3.63, 3.8) is 0 Å². The number of methoxy groups -OCH3 is 1. The molecule has 0 radical (unpaired) electrons. The quantitative estimate of drug-likeness (QED) is 0.788. The van der Waals surface area contributed by atoms with Crippen LogP contribution in [0.3, 0.4) is 0 Å². The molecule has 2 amide bonds. The Bertz CT molecular complexity index is 879. The molecule has 2 heterocycles. The summed E-state index contributed by atoms with van der Waals surface area (Å²) in [5, 5.41) is 0.581. The van der Waals surface area contributed by atoms with Gasteiger partial charge in [0.25, 0.3) is 5.91 Å². The van der Waals surface area contributed by atoms with Crippen molar-refractivity contribution in [2.75, 3.05) is 43.1 Å². The predicted molar refractivity (Wildman–Crippen MR) is 108 cm³/mol. The number of ether oxygens (including phenoxy) is 1. The molecule has 0 aliphatic carbocycles. The van der Waals surface area contributed by atoms with E-state index in [1.165, 1.54) is 9.80 Å². The number of benzene rings is 2. The zero-order valence-electron chi connectivity index (χ0n) is 15.7. The summed E-state index contributed by atoms with van der Waals surface area (Å²) in [6.45, 7) is 3.23. The second-order valence-electron chi connectivity index (χ2n) is 7.12. The molecule has 2 aliphatic rings. The molecule has 0 unspecified atom stereocenters. The third-order valence-electron chi connectivity index (χ3n) is 5.56. The van der Waals surface area contributed by atoms with Gasteiger partial charge in [0, 0.05) is 5.02 Å². The van der Waals surface area contributed by atoms with Gasteiger partial charge in [-0.25, -0.2) is 4.90 Å². The van der Waals surface area contributed by atoms with E-state index in [1.54, 1.807) is 31.4 Å². The molecule has 1 atom stereocenters. The number of piperazine rings is 1. The van der Waals surface area contributed by atoms with Crippen LogP contribution < -0.4 is 19.4 Å². The summed E-state index contributed by atoms with van der Waals surface area (Å²) in [5.74, 6) is 0.594. The van der Waals surface area contributed by atoms with E-state index in [1.807, 2.05) is 18.2 Å². The van der Waals surface area contributed by atoms with Gasteiger partial charge in [-0.1, -0.05) is 23.7 Å². The molecule has 28 heavy (non-hydrogen) atoms. The second kappa shape index (κ2) is 7.81. The van der Waals surface area contributed by atoms with E-state index in [-0.39, 0.29) is 24.3 Å². The molecule has 2 aromatic carbocycles. The number of imide groups is 1. The van der Waals surface area contributed by atoms with Gasteiger partial charge >= 0.3 is 0 Å². The minimum absolute atomic E-state index is 0.118. The summed E-state index contributed by atoms with van der Waals surface area (Å²) in [5.41, 5.74) is 1.66. The van der Waals surface area contributed by atoms with E-state index in [0.29, 0.717) is 10.7 Å². The maximum Gasteiger partial charge on any atom is 0.292 e. The van der Waals surface area contributed by atoms with Crippen LogP contribution >= 0.6 is 11.6 Å². The molecule has 146 valence electrons. The summed E-state index contributed by atoms with van der Waals surface area (Å²) in [7, 11) is 1.68. The van der Waals surface area contributed by atoms with E-state index >= 15 is 0 Å². The summed E-state index contributed by atoms with van der Waals surface area (Å²) in [6.07, 6.45) is 0.255. The Labute approximate surface area is 169 Å². The van der Waals surface area contributed by atoms with E-state index in [0.717, 1.165) is 37.6 Å². The van der Waals surface area contributed by atoms with Crippen molar-refractivity contribution in [3.8, 4) is 5.75 Å². The van der Waals surface area contributed by atoms with Crippen LogP contribution in [0, 0.1) is 0 Å². The number of halogens is 1. The normalized spacial score (nSPS) is 20.7. The molecule has 0 saturated carbocycles. The minimum atomic E-state index is -0.317. The minimum Gasteiger partial charge on any atom is -0.495 e. The number of hydrogen-bond acceptors (Lipinski definition) is 4. The smallest absolute Gasteiger partial charge is 0.292 e. The molecule has 7 heteroatoms. The molecule has 2 aliphatic heterocycles. The fraction of sp³-hybridized carbons (Fsp3) is 0.333. The van der Waals surface area contributed by atoms with Gasteiger partial charge in [0.2, 0.25) is 5.91 Å². The van der Waals surface area contributed by atoms with Crippen molar-refractivity contribution in [1.82, 2.24) is 0 Å². The molecule has 0 bridgehead atoms. The van der Waals surface area contributed by atoms with Crippen LogP contribution in [0.4, 0.5) is 11.4 Å². The molecule has 0 aromatic heterocycles. The number of amides is 2. The van der Waals surface area contributed by atoms with Crippen LogP contribution in [-0.4, -0.2) is 51.1 Å². The zero-order valence-corrected chi connectivity index (χ0v) is 16.5. The Kier molecular flexibility index (Phi) is 5.24. The van der Waals surface area contributed by atoms with Gasteiger partial charge < -0.3 is 14.5 Å². The van der Waals surface area contributed by atoms with E-state index < -0.39 is 0 Å². The first-order valence-corrected chi connectivity index (χ1v) is 9.81. The van der Waals surface area contributed by atoms with Gasteiger partial charge in [-0.3, -0.25) is 9.59 Å². The molecule has 6 nitrogen and oxygen atoms in total. The van der Waals surface area contributed by atoms with Crippen LogP contribution in [0.15, 0.2) is 48.5 Å². The molecule has 0 spiro atoms. The number of carbonyl (C=O) groups is 2. The molecule has 2 saturated heterocycles. The lowest BCUT2D eigenvalue weighted by Crippen LogP contribution is -3.19. The Balaban J connectivity index is 1.44. The van der Waals surface area contributed by atoms with Crippen LogP contribution in [0.5, 0.6) is 5.75 Å². The lowest BCUT2D eigenvalue weighted by molar-refractivity contribution is -0.915. The highest BCUT2D eigenvalue weighted by Crippen LogP contribution is 2.28. The molecular weight excluding hydrogens is 378 g/mol. The predicted octanol–water partition coefficient (Wildman–Crippen LogP) is 1.39. The van der Waals surface area contributed by atoms with Crippen molar-refractivity contribution in [2.24, 2.45) is 0 Å². The Morgan fingerprint density at radius 1 is 1.04 bits per heavy atom. The van der Waals surface area contributed by atoms with Gasteiger partial charge in [-0.05, 0) is 36.4 Å². The van der Waals surface area contributed by atoms with Crippen LogP contribution in [-0.2, 0) is 9.59 Å². The van der Waals surface area contributed by atoms with E-state index in [2.05, 4.69) is 11.0 Å². The molecule has 2 fully saturated rings. The van der Waals surface area contributed by atoms with Crippen LogP contribution in [0.1, 0.15) is 6.42 Å². The highest BCUT2D eigenvalue weighted by Gasteiger charge is 2.46. The van der Waals surface area contributed by atoms with Gasteiger partial charge in [-0.15, -0.1) is 0 Å². The molecular formula is C21H23ClN3O3+. The third-order valence-corrected chi connectivity index (χ3v) is 5.81. The van der Waals surface area contributed by atoms with Gasteiger partial charge in [0.05, 0.1) is 51.1 Å². The van der Waals surface area contributed by atoms with Crippen molar-refractivity contribution < 1.29 is 19.2 Å². The lowest BCUT2D eigenvalue weighted by atomic mass is 10.1. The molecule has 1 N–H and O–H groups in total. The first-order valence-electron chi connectivity index (χ1n) is 9.43. The first-order chi connectivity index (χ1) is 13.6. The highest BCUT2D eigenvalue weighted by molar-refractivity contribution is 6.30. The summed E-state index contributed by atoms with van der Waals surface area (Å²) >= 11 is 5.92. The number of hydrogen-bond donors (Lipinski definition) is 1. The largest absolute Gasteiger partial charge is 0.495 e. The Morgan fingerprint density at radius 2 is 1.71 bits per heavy atom. The van der Waals surface area contributed by atoms with Gasteiger partial charge in [0.1, 0.15) is 5.75 Å². The number of nitrogens with one attached hydrogen (secondary N) is 1. The fourth-order valence-corrected chi connectivity index (χ4v) is 4.21. The Morgan fingerprint density at radius 3 is 2.39 bits per heavy atom. The van der Waals surface area contributed by atoms with Crippen molar-refractivity contribution >= 4 is 34.8 Å². The van der Waals surface area contributed by atoms with Crippen LogP contribution in [0.2, 0.25) is 5.02 Å². The number of carbonyl (C=O) groups excluding carboxylic acids is 2. The number of rotatable bonds is 4. The molecule has 2 aromatic rings. The van der Waals surface area contributed by atoms with E-state index in [4.69, 9.17) is 16.3 Å². The summed E-state index contributed by atoms with van der Waals surface area (Å²) in [6, 6.07) is 14.5. The zero-order chi connectivity index (χ0) is 19.7. The lowest BCUT2D eigenvalue weighted by Gasteiger charge is -2.36. The Hall–Kier alpha value is -2.57. The van der Waals surface area contributed by atoms with Crippen LogP contribution in [0.25, 0.3) is 0 Å². The second-order valence-corrected chi connectivity index (χ2v) is 7.55.